The third-order valence-electron chi connectivity index (χ3n) is 2.76. The fraction of sp³-hybridized carbons (Fsp3) is 0.900. The van der Waals surface area contributed by atoms with Crippen LogP contribution in [0.25, 0.3) is 0 Å². The Bertz CT molecular complexity index is 208. The third-order valence-corrected chi connectivity index (χ3v) is 2.76. The van der Waals surface area contributed by atoms with Gasteiger partial charge in [0.05, 0.1) is 6.04 Å². The number of carbonyl (C=O) groups excluding carboxylic acids is 1. The Morgan fingerprint density at radius 1 is 1.50 bits per heavy atom. The highest BCUT2D eigenvalue weighted by molar-refractivity contribution is 5.82. The highest BCUT2D eigenvalue weighted by Gasteiger charge is 2.29. The molecule has 1 amide bonds. The Labute approximate surface area is 84.4 Å². The van der Waals surface area contributed by atoms with Crippen molar-refractivity contribution >= 4 is 5.91 Å². The number of hydrogen-bond donors (Lipinski definition) is 2. The Morgan fingerprint density at radius 3 is 2.57 bits per heavy atom. The molecule has 0 aliphatic carbocycles. The first kappa shape index (κ1) is 11.4. The van der Waals surface area contributed by atoms with Crippen LogP contribution in [0.2, 0.25) is 0 Å². The number of halogens is 1. The van der Waals surface area contributed by atoms with Crippen LogP contribution in [0, 0.1) is 5.92 Å². The lowest BCUT2D eigenvalue weighted by Crippen LogP contribution is -2.45. The van der Waals surface area contributed by atoms with Crippen molar-refractivity contribution in [2.75, 3.05) is 6.54 Å². The van der Waals surface area contributed by atoms with Crippen LogP contribution >= 0.6 is 0 Å². The first-order valence-electron chi connectivity index (χ1n) is 5.18. The normalized spacial score (nSPS) is 29.2. The van der Waals surface area contributed by atoms with Crippen LogP contribution in [-0.4, -0.2) is 30.7 Å². The van der Waals surface area contributed by atoms with Gasteiger partial charge in [0.2, 0.25) is 5.91 Å². The fourth-order valence-electron chi connectivity index (χ4n) is 1.38. The molecule has 1 unspecified atom stereocenters. The van der Waals surface area contributed by atoms with Crippen LogP contribution in [0.15, 0.2) is 0 Å². The van der Waals surface area contributed by atoms with Crippen molar-refractivity contribution in [2.45, 2.75) is 45.4 Å². The van der Waals surface area contributed by atoms with E-state index in [4.69, 9.17) is 0 Å². The molecule has 4 heteroatoms. The summed E-state index contributed by atoms with van der Waals surface area (Å²) in [4.78, 5) is 11.6. The molecule has 0 aromatic rings. The van der Waals surface area contributed by atoms with E-state index in [1.165, 1.54) is 0 Å². The van der Waals surface area contributed by atoms with Gasteiger partial charge in [-0.15, -0.1) is 0 Å². The molecule has 3 atom stereocenters. The average Bonchev–Trinajstić information content (AvgIpc) is 2.51. The zero-order valence-electron chi connectivity index (χ0n) is 9.01. The van der Waals surface area contributed by atoms with Crippen molar-refractivity contribution in [3.63, 3.8) is 0 Å². The molecule has 3 nitrogen and oxygen atoms in total. The molecular weight excluding hydrogens is 183 g/mol. The van der Waals surface area contributed by atoms with Gasteiger partial charge in [0, 0.05) is 19.0 Å². The molecule has 1 rings (SSSR count). The van der Waals surface area contributed by atoms with E-state index in [1.807, 2.05) is 20.8 Å². The highest BCUT2D eigenvalue weighted by Crippen LogP contribution is 2.10. The Morgan fingerprint density at radius 2 is 2.14 bits per heavy atom. The van der Waals surface area contributed by atoms with Gasteiger partial charge in [0.15, 0.2) is 0 Å². The minimum Gasteiger partial charge on any atom is -0.352 e. The van der Waals surface area contributed by atoms with Gasteiger partial charge in [-0.25, -0.2) is 4.39 Å². The van der Waals surface area contributed by atoms with Gasteiger partial charge >= 0.3 is 0 Å². The van der Waals surface area contributed by atoms with E-state index in [0.29, 0.717) is 18.9 Å². The SMILES string of the molecule is CC(C)C(C)NC(=O)[C@H]1C[C@H](F)CN1. The van der Waals surface area contributed by atoms with E-state index in [2.05, 4.69) is 10.6 Å². The second-order valence-electron chi connectivity index (χ2n) is 4.34. The Kier molecular flexibility index (Phi) is 3.86. The number of alkyl halides is 1. The Hall–Kier alpha value is -0.640. The molecule has 0 aromatic carbocycles. The smallest absolute Gasteiger partial charge is 0.237 e. The van der Waals surface area contributed by atoms with Gasteiger partial charge in [0.1, 0.15) is 6.17 Å². The Balaban J connectivity index is 2.35. The summed E-state index contributed by atoms with van der Waals surface area (Å²) in [5, 5.41) is 5.74. The molecule has 2 N–H and O–H groups in total. The van der Waals surface area contributed by atoms with Gasteiger partial charge in [0.25, 0.3) is 0 Å². The van der Waals surface area contributed by atoms with Crippen molar-refractivity contribution in [3.05, 3.63) is 0 Å². The van der Waals surface area contributed by atoms with E-state index in [-0.39, 0.29) is 18.0 Å². The highest BCUT2D eigenvalue weighted by atomic mass is 19.1. The van der Waals surface area contributed by atoms with Crippen molar-refractivity contribution in [3.8, 4) is 0 Å². The zero-order chi connectivity index (χ0) is 10.7. The molecule has 14 heavy (non-hydrogen) atoms. The van der Waals surface area contributed by atoms with E-state index in [9.17, 15) is 9.18 Å². The molecule has 0 aromatic heterocycles. The van der Waals surface area contributed by atoms with E-state index < -0.39 is 6.17 Å². The molecule has 1 saturated heterocycles. The van der Waals surface area contributed by atoms with Gasteiger partial charge in [-0.3, -0.25) is 4.79 Å². The minimum atomic E-state index is -0.875. The molecule has 1 heterocycles. The maximum atomic E-state index is 12.8. The zero-order valence-corrected chi connectivity index (χ0v) is 9.01. The molecular formula is C10H19FN2O. The minimum absolute atomic E-state index is 0.0775. The summed E-state index contributed by atoms with van der Waals surface area (Å²) < 4.78 is 12.8. The molecule has 82 valence electrons. The van der Waals surface area contributed by atoms with Crippen LogP contribution in [0.1, 0.15) is 27.2 Å². The van der Waals surface area contributed by atoms with Crippen LogP contribution in [0.4, 0.5) is 4.39 Å². The van der Waals surface area contributed by atoms with Crippen LogP contribution < -0.4 is 10.6 Å². The summed E-state index contributed by atoms with van der Waals surface area (Å²) in [6.45, 7) is 6.36. The van der Waals surface area contributed by atoms with Gasteiger partial charge < -0.3 is 10.6 Å². The summed E-state index contributed by atoms with van der Waals surface area (Å²) in [5.41, 5.74) is 0. The third kappa shape index (κ3) is 2.94. The maximum Gasteiger partial charge on any atom is 0.237 e. The second kappa shape index (κ2) is 4.73. The lowest BCUT2D eigenvalue weighted by Gasteiger charge is -2.19. The molecule has 0 bridgehead atoms. The van der Waals surface area contributed by atoms with E-state index in [0.717, 1.165) is 0 Å². The topological polar surface area (TPSA) is 41.1 Å². The first-order chi connectivity index (χ1) is 6.50. The largest absolute Gasteiger partial charge is 0.352 e. The lowest BCUT2D eigenvalue weighted by atomic mass is 10.1. The number of nitrogens with one attached hydrogen (secondary N) is 2. The molecule has 1 fully saturated rings. The summed E-state index contributed by atoms with van der Waals surface area (Å²) in [6, 6.07) is -0.200. The second-order valence-corrected chi connectivity index (χ2v) is 4.34. The van der Waals surface area contributed by atoms with E-state index in [1.54, 1.807) is 0 Å². The molecule has 0 saturated carbocycles. The first-order valence-corrected chi connectivity index (χ1v) is 5.18. The predicted octanol–water partition coefficient (Wildman–Crippen LogP) is 0.847. The van der Waals surface area contributed by atoms with Crippen molar-refractivity contribution in [1.29, 1.82) is 0 Å². The standard InChI is InChI=1S/C10H19FN2O/c1-6(2)7(3)13-10(14)9-4-8(11)5-12-9/h6-9,12H,4-5H2,1-3H3,(H,13,14)/t7?,8-,9+/m0/s1. The maximum absolute atomic E-state index is 12.8. The van der Waals surface area contributed by atoms with Gasteiger partial charge in [-0.1, -0.05) is 13.8 Å². The van der Waals surface area contributed by atoms with Crippen LogP contribution in [0.5, 0.6) is 0 Å². The monoisotopic (exact) mass is 202 g/mol. The number of rotatable bonds is 3. The average molecular weight is 202 g/mol. The lowest BCUT2D eigenvalue weighted by molar-refractivity contribution is -0.123. The van der Waals surface area contributed by atoms with Gasteiger partial charge in [-0.05, 0) is 12.8 Å². The molecule has 1 aliphatic heterocycles. The fourth-order valence-corrected chi connectivity index (χ4v) is 1.38. The van der Waals surface area contributed by atoms with Crippen LogP contribution in [0.3, 0.4) is 0 Å². The summed E-state index contributed by atoms with van der Waals surface area (Å²) in [7, 11) is 0. The van der Waals surface area contributed by atoms with Crippen LogP contribution in [-0.2, 0) is 4.79 Å². The molecule has 1 aliphatic rings. The molecule has 0 spiro atoms. The quantitative estimate of drug-likeness (QED) is 0.712. The number of carbonyl (C=O) groups is 1. The van der Waals surface area contributed by atoms with Gasteiger partial charge in [-0.2, -0.15) is 0 Å². The number of hydrogen-bond acceptors (Lipinski definition) is 2. The molecule has 0 radical (unpaired) electrons. The van der Waals surface area contributed by atoms with Crippen molar-refractivity contribution in [2.24, 2.45) is 5.92 Å². The number of amides is 1. The summed E-state index contributed by atoms with van der Waals surface area (Å²) in [6.07, 6.45) is -0.573. The predicted molar refractivity (Wildman–Crippen MR) is 53.7 cm³/mol. The van der Waals surface area contributed by atoms with Crippen molar-refractivity contribution < 1.29 is 9.18 Å². The summed E-state index contributed by atoms with van der Waals surface area (Å²) >= 11 is 0. The summed E-state index contributed by atoms with van der Waals surface area (Å²) in [5.74, 6) is 0.327. The van der Waals surface area contributed by atoms with E-state index >= 15 is 0 Å². The van der Waals surface area contributed by atoms with Crippen molar-refractivity contribution in [1.82, 2.24) is 10.6 Å².